The SMILES string of the molecule is Cc1cc(C2=N/C(=C\c3cc(Br)c(OCc4ccccc4)c(Br)c3)C(=O)O2)ccc1I. The van der Waals surface area contributed by atoms with Crippen LogP contribution in [0.4, 0.5) is 0 Å². The van der Waals surface area contributed by atoms with Crippen LogP contribution in [0.1, 0.15) is 22.3 Å². The van der Waals surface area contributed by atoms with Crippen molar-refractivity contribution in [2.75, 3.05) is 0 Å². The minimum Gasteiger partial charge on any atom is -0.487 e. The fourth-order valence-corrected chi connectivity index (χ4v) is 4.78. The van der Waals surface area contributed by atoms with Gasteiger partial charge in [0.2, 0.25) is 5.90 Å². The Balaban J connectivity index is 1.57. The number of aryl methyl sites for hydroxylation is 1. The second-order valence-electron chi connectivity index (χ2n) is 6.89. The largest absolute Gasteiger partial charge is 0.487 e. The van der Waals surface area contributed by atoms with Crippen LogP contribution >= 0.6 is 54.5 Å². The molecule has 0 atom stereocenters. The van der Waals surface area contributed by atoms with E-state index < -0.39 is 5.97 Å². The smallest absolute Gasteiger partial charge is 0.363 e. The Hall–Kier alpha value is -1.97. The van der Waals surface area contributed by atoms with Crippen molar-refractivity contribution in [3.63, 3.8) is 0 Å². The van der Waals surface area contributed by atoms with Gasteiger partial charge in [-0.3, -0.25) is 0 Å². The monoisotopic (exact) mass is 651 g/mol. The minimum atomic E-state index is -0.470. The van der Waals surface area contributed by atoms with Crippen molar-refractivity contribution >= 4 is 72.4 Å². The van der Waals surface area contributed by atoms with Crippen LogP contribution in [0.3, 0.4) is 0 Å². The summed E-state index contributed by atoms with van der Waals surface area (Å²) in [5, 5.41) is 0. The highest BCUT2D eigenvalue weighted by atomic mass is 127. The highest BCUT2D eigenvalue weighted by Crippen LogP contribution is 2.36. The lowest BCUT2D eigenvalue weighted by Gasteiger charge is -2.11. The number of rotatable bonds is 5. The van der Waals surface area contributed by atoms with E-state index in [9.17, 15) is 4.79 Å². The number of aliphatic imine (C=N–C) groups is 1. The predicted octanol–water partition coefficient (Wildman–Crippen LogP) is 7.05. The molecule has 7 heteroatoms. The van der Waals surface area contributed by atoms with Gasteiger partial charge in [0.25, 0.3) is 0 Å². The maximum atomic E-state index is 12.4. The van der Waals surface area contributed by atoms with Gasteiger partial charge in [-0.2, -0.15) is 0 Å². The van der Waals surface area contributed by atoms with E-state index in [1.54, 1.807) is 6.08 Å². The summed E-state index contributed by atoms with van der Waals surface area (Å²) in [6, 6.07) is 19.6. The van der Waals surface area contributed by atoms with Crippen molar-refractivity contribution < 1.29 is 14.3 Å². The molecule has 3 aromatic carbocycles. The van der Waals surface area contributed by atoms with E-state index in [1.165, 1.54) is 0 Å². The zero-order chi connectivity index (χ0) is 22.0. The van der Waals surface area contributed by atoms with E-state index in [4.69, 9.17) is 9.47 Å². The quantitative estimate of drug-likeness (QED) is 0.169. The number of esters is 1. The first-order valence-electron chi connectivity index (χ1n) is 9.35. The van der Waals surface area contributed by atoms with Gasteiger partial charge in [-0.15, -0.1) is 0 Å². The zero-order valence-corrected chi connectivity index (χ0v) is 21.7. The minimum absolute atomic E-state index is 0.253. The third-order valence-electron chi connectivity index (χ3n) is 4.58. The molecular weight excluding hydrogens is 637 g/mol. The van der Waals surface area contributed by atoms with Gasteiger partial charge >= 0.3 is 5.97 Å². The molecule has 4 nitrogen and oxygen atoms in total. The van der Waals surface area contributed by atoms with E-state index in [1.807, 2.05) is 67.6 Å². The Morgan fingerprint density at radius 3 is 2.45 bits per heavy atom. The molecule has 1 heterocycles. The predicted molar refractivity (Wildman–Crippen MR) is 137 cm³/mol. The molecule has 0 spiro atoms. The van der Waals surface area contributed by atoms with Gasteiger partial charge in [0.15, 0.2) is 5.70 Å². The molecule has 3 aromatic rings. The van der Waals surface area contributed by atoms with E-state index in [2.05, 4.69) is 59.4 Å². The second-order valence-corrected chi connectivity index (χ2v) is 9.76. The van der Waals surface area contributed by atoms with E-state index >= 15 is 0 Å². The number of halogens is 3. The van der Waals surface area contributed by atoms with Crippen LogP contribution in [0.5, 0.6) is 5.75 Å². The highest BCUT2D eigenvalue weighted by molar-refractivity contribution is 14.1. The molecule has 4 rings (SSSR count). The van der Waals surface area contributed by atoms with Gasteiger partial charge in [0.05, 0.1) is 8.95 Å². The molecule has 0 radical (unpaired) electrons. The summed E-state index contributed by atoms with van der Waals surface area (Å²) in [5.74, 6) is 0.540. The number of carbonyl (C=O) groups is 1. The highest BCUT2D eigenvalue weighted by Gasteiger charge is 2.24. The van der Waals surface area contributed by atoms with Gasteiger partial charge in [-0.1, -0.05) is 30.3 Å². The van der Waals surface area contributed by atoms with Crippen LogP contribution in [0.15, 0.2) is 80.3 Å². The maximum Gasteiger partial charge on any atom is 0.363 e. The lowest BCUT2D eigenvalue weighted by atomic mass is 10.1. The molecule has 31 heavy (non-hydrogen) atoms. The number of hydrogen-bond donors (Lipinski definition) is 0. The molecule has 0 fully saturated rings. The van der Waals surface area contributed by atoms with E-state index in [0.717, 1.165) is 34.8 Å². The van der Waals surface area contributed by atoms with Crippen LogP contribution in [0.25, 0.3) is 6.08 Å². The molecule has 1 aliphatic rings. The number of benzene rings is 3. The molecule has 0 saturated carbocycles. The van der Waals surface area contributed by atoms with Crippen molar-refractivity contribution in [2.24, 2.45) is 4.99 Å². The van der Waals surface area contributed by atoms with Crippen molar-refractivity contribution in [1.29, 1.82) is 0 Å². The third kappa shape index (κ3) is 5.27. The Labute approximate surface area is 210 Å². The third-order valence-corrected chi connectivity index (χ3v) is 6.96. The standard InChI is InChI=1S/C24H16Br2INO3/c1-14-9-17(7-8-20(14)27)23-28-21(24(29)31-23)12-16-10-18(25)22(19(26)11-16)30-13-15-5-3-2-4-6-15/h2-12H,13H2,1H3/b21-12-. The van der Waals surface area contributed by atoms with Gasteiger partial charge in [-0.25, -0.2) is 9.79 Å². The lowest BCUT2D eigenvalue weighted by Crippen LogP contribution is -2.05. The summed E-state index contributed by atoms with van der Waals surface area (Å²) >= 11 is 9.39. The molecule has 0 bridgehead atoms. The first kappa shape index (κ1) is 22.2. The van der Waals surface area contributed by atoms with Crippen LogP contribution in [-0.4, -0.2) is 11.9 Å². The van der Waals surface area contributed by atoms with E-state index in [-0.39, 0.29) is 5.70 Å². The first-order valence-corrected chi connectivity index (χ1v) is 12.0. The molecule has 1 aliphatic heterocycles. The molecule has 0 saturated heterocycles. The van der Waals surface area contributed by atoms with Crippen LogP contribution in [0.2, 0.25) is 0 Å². The van der Waals surface area contributed by atoms with Crippen molar-refractivity contribution in [3.8, 4) is 5.75 Å². The zero-order valence-electron chi connectivity index (χ0n) is 16.4. The molecule has 0 amide bonds. The van der Waals surface area contributed by atoms with Gasteiger partial charge in [0.1, 0.15) is 12.4 Å². The van der Waals surface area contributed by atoms with Gasteiger partial charge in [-0.05, 0) is 114 Å². The Kier molecular flexibility index (Phi) is 6.93. The molecule has 0 N–H and O–H groups in total. The molecule has 156 valence electrons. The fraction of sp³-hybridized carbons (Fsp3) is 0.0833. The Morgan fingerprint density at radius 2 is 1.77 bits per heavy atom. The van der Waals surface area contributed by atoms with Gasteiger partial charge < -0.3 is 9.47 Å². The summed E-state index contributed by atoms with van der Waals surface area (Å²) in [6.07, 6.45) is 1.70. The summed E-state index contributed by atoms with van der Waals surface area (Å²) in [4.78, 5) is 16.8. The summed E-state index contributed by atoms with van der Waals surface area (Å²) in [5.41, 5.74) is 4.01. The van der Waals surface area contributed by atoms with Crippen LogP contribution in [0, 0.1) is 10.5 Å². The topological polar surface area (TPSA) is 47.9 Å². The normalized spacial score (nSPS) is 14.5. The lowest BCUT2D eigenvalue weighted by molar-refractivity contribution is -0.129. The first-order chi connectivity index (χ1) is 14.9. The van der Waals surface area contributed by atoms with Gasteiger partial charge in [0, 0.05) is 9.13 Å². The van der Waals surface area contributed by atoms with Crippen LogP contribution in [-0.2, 0) is 16.1 Å². The fourth-order valence-electron chi connectivity index (χ4n) is 3.00. The molecule has 0 aromatic heterocycles. The van der Waals surface area contributed by atoms with E-state index in [0.29, 0.717) is 18.3 Å². The average Bonchev–Trinajstić information content (AvgIpc) is 3.10. The number of carbonyl (C=O) groups excluding carboxylic acids is 1. The molecule has 0 aliphatic carbocycles. The summed E-state index contributed by atoms with van der Waals surface area (Å²) in [7, 11) is 0. The Bertz CT molecular complexity index is 1200. The molecular formula is C24H16Br2INO3. The number of ether oxygens (including phenoxy) is 2. The summed E-state index contributed by atoms with van der Waals surface area (Å²) < 4.78 is 14.0. The maximum absolute atomic E-state index is 12.4. The van der Waals surface area contributed by atoms with Crippen LogP contribution < -0.4 is 4.74 Å². The average molecular weight is 653 g/mol. The van der Waals surface area contributed by atoms with Crippen molar-refractivity contribution in [3.05, 3.63) is 101 Å². The Morgan fingerprint density at radius 1 is 1.06 bits per heavy atom. The number of hydrogen-bond acceptors (Lipinski definition) is 4. The number of nitrogens with zero attached hydrogens (tertiary/aromatic N) is 1. The molecule has 0 unspecified atom stereocenters. The number of cyclic esters (lactones) is 1. The summed E-state index contributed by atoms with van der Waals surface area (Å²) in [6.45, 7) is 2.46. The van der Waals surface area contributed by atoms with Crippen molar-refractivity contribution in [2.45, 2.75) is 13.5 Å². The second kappa shape index (κ2) is 9.67. The van der Waals surface area contributed by atoms with Crippen molar-refractivity contribution in [1.82, 2.24) is 0 Å².